The Labute approximate surface area is 104 Å². The maximum atomic E-state index is 11.1. The highest BCUT2D eigenvalue weighted by Crippen LogP contribution is 2.16. The zero-order valence-electron chi connectivity index (χ0n) is 9.07. The summed E-state index contributed by atoms with van der Waals surface area (Å²) in [5, 5.41) is 0. The number of benzene rings is 1. The third-order valence-corrected chi connectivity index (χ3v) is 2.58. The molecule has 0 saturated carbocycles. The first-order valence-corrected chi connectivity index (χ1v) is 5.64. The predicted molar refractivity (Wildman–Crippen MR) is 68.9 cm³/mol. The van der Waals surface area contributed by atoms with Crippen LogP contribution in [-0.4, -0.2) is 12.6 Å². The second-order valence-corrected chi connectivity index (χ2v) is 4.16. The molecule has 0 aliphatic heterocycles. The molecule has 0 spiro atoms. The number of halogens is 1. The Bertz CT molecular complexity index is 422. The predicted octanol–water partition coefficient (Wildman–Crippen LogP) is 3.58. The van der Waals surface area contributed by atoms with Gasteiger partial charge in [0, 0.05) is 10.0 Å². The lowest BCUT2D eigenvalue weighted by Crippen LogP contribution is -2.04. The molecule has 1 aromatic carbocycles. The molecule has 16 heavy (non-hydrogen) atoms. The first-order chi connectivity index (χ1) is 7.61. The number of ether oxygens (including phenoxy) is 1. The Kier molecular flexibility index (Phi) is 4.99. The average molecular weight is 281 g/mol. The van der Waals surface area contributed by atoms with E-state index in [4.69, 9.17) is 4.74 Å². The molecule has 0 heterocycles. The Morgan fingerprint density at radius 1 is 1.50 bits per heavy atom. The van der Waals surface area contributed by atoms with Gasteiger partial charge in [-0.1, -0.05) is 46.8 Å². The molecule has 0 bridgehead atoms. The van der Waals surface area contributed by atoms with Gasteiger partial charge in [0.2, 0.25) is 0 Å². The monoisotopic (exact) mass is 280 g/mol. The van der Waals surface area contributed by atoms with Crippen molar-refractivity contribution in [2.45, 2.75) is 6.92 Å². The highest BCUT2D eigenvalue weighted by Gasteiger charge is 2.00. The van der Waals surface area contributed by atoms with Gasteiger partial charge in [-0.2, -0.15) is 0 Å². The standard InChI is InChI=1S/C13H13BrO2/c1-10(2)13(15)16-9-5-7-11-6-3-4-8-12(11)14/h3-8H,1,9H2,2H3. The van der Waals surface area contributed by atoms with Crippen molar-refractivity contribution in [3.63, 3.8) is 0 Å². The van der Waals surface area contributed by atoms with Crippen LogP contribution >= 0.6 is 15.9 Å². The minimum absolute atomic E-state index is 0.257. The van der Waals surface area contributed by atoms with Crippen LogP contribution in [0.2, 0.25) is 0 Å². The van der Waals surface area contributed by atoms with Crippen LogP contribution < -0.4 is 0 Å². The van der Waals surface area contributed by atoms with E-state index in [1.54, 1.807) is 13.0 Å². The van der Waals surface area contributed by atoms with E-state index < -0.39 is 0 Å². The molecule has 0 aliphatic rings. The molecule has 3 heteroatoms. The van der Waals surface area contributed by atoms with Crippen molar-refractivity contribution in [2.75, 3.05) is 6.61 Å². The maximum Gasteiger partial charge on any atom is 0.333 e. The Morgan fingerprint density at radius 3 is 2.81 bits per heavy atom. The van der Waals surface area contributed by atoms with Gasteiger partial charge in [-0.15, -0.1) is 0 Å². The van der Waals surface area contributed by atoms with Gasteiger partial charge in [-0.05, 0) is 24.6 Å². The number of rotatable bonds is 4. The Hall–Kier alpha value is -1.35. The highest BCUT2D eigenvalue weighted by atomic mass is 79.9. The van der Waals surface area contributed by atoms with E-state index in [0.717, 1.165) is 10.0 Å². The number of hydrogen-bond acceptors (Lipinski definition) is 2. The van der Waals surface area contributed by atoms with Gasteiger partial charge in [-0.3, -0.25) is 0 Å². The zero-order chi connectivity index (χ0) is 12.0. The summed E-state index contributed by atoms with van der Waals surface area (Å²) in [5.41, 5.74) is 1.46. The van der Waals surface area contributed by atoms with E-state index >= 15 is 0 Å². The van der Waals surface area contributed by atoms with E-state index in [2.05, 4.69) is 22.5 Å². The summed E-state index contributed by atoms with van der Waals surface area (Å²) < 4.78 is 5.94. The first kappa shape index (κ1) is 12.7. The number of carbonyl (C=O) groups excluding carboxylic acids is 1. The van der Waals surface area contributed by atoms with Crippen molar-refractivity contribution in [3.8, 4) is 0 Å². The summed E-state index contributed by atoms with van der Waals surface area (Å²) in [4.78, 5) is 11.1. The Morgan fingerprint density at radius 2 is 2.19 bits per heavy atom. The van der Waals surface area contributed by atoms with Crippen LogP contribution in [0, 0.1) is 0 Å². The first-order valence-electron chi connectivity index (χ1n) is 4.85. The van der Waals surface area contributed by atoms with Gasteiger partial charge in [0.15, 0.2) is 0 Å². The van der Waals surface area contributed by atoms with Gasteiger partial charge >= 0.3 is 5.97 Å². The van der Waals surface area contributed by atoms with Crippen molar-refractivity contribution in [2.24, 2.45) is 0 Å². The summed E-state index contributed by atoms with van der Waals surface area (Å²) in [7, 11) is 0. The SMILES string of the molecule is C=C(C)C(=O)OCC=Cc1ccccc1Br. The van der Waals surface area contributed by atoms with Crippen LogP contribution in [-0.2, 0) is 9.53 Å². The lowest BCUT2D eigenvalue weighted by Gasteiger charge is -2.00. The zero-order valence-corrected chi connectivity index (χ0v) is 10.7. The second kappa shape index (κ2) is 6.28. The molecule has 2 nitrogen and oxygen atoms in total. The van der Waals surface area contributed by atoms with Crippen LogP contribution in [0.1, 0.15) is 12.5 Å². The molecule has 0 aromatic heterocycles. The molecular weight excluding hydrogens is 268 g/mol. The minimum Gasteiger partial charge on any atom is -0.458 e. The quantitative estimate of drug-likeness (QED) is 0.623. The van der Waals surface area contributed by atoms with Gasteiger partial charge in [-0.25, -0.2) is 4.79 Å². The molecule has 0 amide bonds. The molecule has 0 aliphatic carbocycles. The number of hydrogen-bond donors (Lipinski definition) is 0. The van der Waals surface area contributed by atoms with Crippen molar-refractivity contribution in [3.05, 3.63) is 52.5 Å². The summed E-state index contributed by atoms with van der Waals surface area (Å²) in [6, 6.07) is 7.83. The maximum absolute atomic E-state index is 11.1. The van der Waals surface area contributed by atoms with Gasteiger partial charge in [0.05, 0.1) is 0 Å². The summed E-state index contributed by atoms with van der Waals surface area (Å²) >= 11 is 3.43. The molecule has 84 valence electrons. The topological polar surface area (TPSA) is 26.3 Å². The number of carbonyl (C=O) groups is 1. The normalized spacial score (nSPS) is 10.4. The van der Waals surface area contributed by atoms with Gasteiger partial charge in [0.25, 0.3) is 0 Å². The van der Waals surface area contributed by atoms with Crippen molar-refractivity contribution in [1.82, 2.24) is 0 Å². The average Bonchev–Trinajstić information content (AvgIpc) is 2.26. The Balaban J connectivity index is 2.47. The van der Waals surface area contributed by atoms with Gasteiger partial charge < -0.3 is 4.74 Å². The summed E-state index contributed by atoms with van der Waals surface area (Å²) in [6.07, 6.45) is 3.69. The lowest BCUT2D eigenvalue weighted by atomic mass is 10.2. The molecule has 0 unspecified atom stereocenters. The molecule has 0 fully saturated rings. The van der Waals surface area contributed by atoms with Crippen LogP contribution in [0.5, 0.6) is 0 Å². The molecule has 0 radical (unpaired) electrons. The van der Waals surface area contributed by atoms with Crippen molar-refractivity contribution >= 4 is 28.0 Å². The van der Waals surface area contributed by atoms with Crippen LogP contribution in [0.15, 0.2) is 47.0 Å². The fourth-order valence-corrected chi connectivity index (χ4v) is 1.45. The molecule has 0 atom stereocenters. The largest absolute Gasteiger partial charge is 0.458 e. The fraction of sp³-hybridized carbons (Fsp3) is 0.154. The van der Waals surface area contributed by atoms with E-state index in [9.17, 15) is 4.79 Å². The van der Waals surface area contributed by atoms with Crippen LogP contribution in [0.4, 0.5) is 0 Å². The van der Waals surface area contributed by atoms with Gasteiger partial charge in [0.1, 0.15) is 6.61 Å². The van der Waals surface area contributed by atoms with Crippen LogP contribution in [0.3, 0.4) is 0 Å². The molecular formula is C13H13BrO2. The number of esters is 1. The molecule has 1 aromatic rings. The lowest BCUT2D eigenvalue weighted by molar-refractivity contribution is -0.137. The highest BCUT2D eigenvalue weighted by molar-refractivity contribution is 9.10. The third kappa shape index (κ3) is 4.03. The molecule has 1 rings (SSSR count). The third-order valence-electron chi connectivity index (χ3n) is 1.86. The van der Waals surface area contributed by atoms with Crippen LogP contribution in [0.25, 0.3) is 6.08 Å². The minimum atomic E-state index is -0.364. The van der Waals surface area contributed by atoms with Crippen molar-refractivity contribution in [1.29, 1.82) is 0 Å². The molecule has 0 saturated heterocycles. The summed E-state index contributed by atoms with van der Waals surface area (Å²) in [5.74, 6) is -0.364. The van der Waals surface area contributed by atoms with Crippen molar-refractivity contribution < 1.29 is 9.53 Å². The van der Waals surface area contributed by atoms with E-state index in [1.165, 1.54) is 0 Å². The smallest absolute Gasteiger partial charge is 0.333 e. The van der Waals surface area contributed by atoms with E-state index in [0.29, 0.717) is 5.57 Å². The van der Waals surface area contributed by atoms with E-state index in [-0.39, 0.29) is 12.6 Å². The molecule has 0 N–H and O–H groups in total. The van der Waals surface area contributed by atoms with E-state index in [1.807, 2.05) is 30.3 Å². The second-order valence-electron chi connectivity index (χ2n) is 3.30. The summed E-state index contributed by atoms with van der Waals surface area (Å²) in [6.45, 7) is 5.38. The fourth-order valence-electron chi connectivity index (χ4n) is 1.03.